The molecule has 1 fully saturated rings. The first-order valence-corrected chi connectivity index (χ1v) is 9.83. The Morgan fingerprint density at radius 3 is 2.71 bits per heavy atom. The van der Waals surface area contributed by atoms with Gasteiger partial charge in [-0.3, -0.25) is 4.90 Å². The quantitative estimate of drug-likeness (QED) is 0.499. The van der Waals surface area contributed by atoms with Crippen molar-refractivity contribution >= 4 is 29.7 Å². The standard InChI is InChI=1S/C18H20N6O3S/c1-27-15(25)13-12(9-28-17-21-16(19)22-23-17)24(11-7-8-11)18(26)20-14(13)10-5-3-2-4-6-10/h2-6,11,14H,7-9H2,1H3,(H,20,26)(H3,19,21,22,23)/t14-/m0/s1. The maximum absolute atomic E-state index is 12.9. The molecule has 1 aliphatic heterocycles. The number of esters is 1. The van der Waals surface area contributed by atoms with E-state index >= 15 is 0 Å². The number of thioether (sulfide) groups is 1. The van der Waals surface area contributed by atoms with Crippen molar-refractivity contribution in [2.45, 2.75) is 30.1 Å². The minimum Gasteiger partial charge on any atom is -0.466 e. The number of nitrogens with one attached hydrogen (secondary N) is 2. The molecule has 1 saturated carbocycles. The van der Waals surface area contributed by atoms with E-state index in [0.717, 1.165) is 18.4 Å². The highest BCUT2D eigenvalue weighted by Gasteiger charge is 2.43. The molecule has 1 aromatic carbocycles. The fourth-order valence-corrected chi connectivity index (χ4v) is 4.08. The summed E-state index contributed by atoms with van der Waals surface area (Å²) in [5.41, 5.74) is 7.46. The molecule has 2 amide bonds. The predicted octanol–water partition coefficient (Wildman–Crippen LogP) is 1.83. The third-order valence-electron chi connectivity index (χ3n) is 4.65. The van der Waals surface area contributed by atoms with Gasteiger partial charge >= 0.3 is 12.0 Å². The Morgan fingerprint density at radius 1 is 1.36 bits per heavy atom. The molecule has 2 aromatic rings. The van der Waals surface area contributed by atoms with Gasteiger partial charge in [0, 0.05) is 17.5 Å². The number of nitrogens with two attached hydrogens (primary N) is 1. The van der Waals surface area contributed by atoms with E-state index in [4.69, 9.17) is 10.5 Å². The topological polar surface area (TPSA) is 126 Å². The van der Waals surface area contributed by atoms with Gasteiger partial charge in [-0.25, -0.2) is 14.7 Å². The number of carbonyl (C=O) groups excluding carboxylic acids is 2. The molecular formula is C18H20N6O3S. The van der Waals surface area contributed by atoms with E-state index in [1.807, 2.05) is 30.3 Å². The summed E-state index contributed by atoms with van der Waals surface area (Å²) >= 11 is 1.31. The van der Waals surface area contributed by atoms with Gasteiger partial charge in [0.25, 0.3) is 0 Å². The number of ether oxygens (including phenoxy) is 1. The van der Waals surface area contributed by atoms with Crippen LogP contribution in [0.5, 0.6) is 0 Å². The van der Waals surface area contributed by atoms with Crippen LogP contribution in [0.15, 0.2) is 46.8 Å². The van der Waals surface area contributed by atoms with E-state index in [2.05, 4.69) is 20.5 Å². The average molecular weight is 400 g/mol. The van der Waals surface area contributed by atoms with Crippen molar-refractivity contribution in [3.63, 3.8) is 0 Å². The van der Waals surface area contributed by atoms with Crippen molar-refractivity contribution in [2.24, 2.45) is 0 Å². The summed E-state index contributed by atoms with van der Waals surface area (Å²) in [5, 5.41) is 10.0. The van der Waals surface area contributed by atoms with Crippen LogP contribution in [0.3, 0.4) is 0 Å². The van der Waals surface area contributed by atoms with Gasteiger partial charge in [0.05, 0.1) is 18.7 Å². The number of nitrogen functional groups attached to an aromatic ring is 1. The molecule has 1 atom stereocenters. The number of urea groups is 1. The zero-order valence-electron chi connectivity index (χ0n) is 15.2. The molecule has 1 aromatic heterocycles. The molecule has 10 heteroatoms. The van der Waals surface area contributed by atoms with E-state index in [1.54, 1.807) is 4.90 Å². The third-order valence-corrected chi connectivity index (χ3v) is 5.51. The largest absolute Gasteiger partial charge is 0.466 e. The monoisotopic (exact) mass is 400 g/mol. The minimum atomic E-state index is -0.580. The molecule has 1 aliphatic carbocycles. The van der Waals surface area contributed by atoms with Crippen molar-refractivity contribution in [3.05, 3.63) is 47.2 Å². The van der Waals surface area contributed by atoms with Crippen LogP contribution in [0, 0.1) is 0 Å². The number of hydrogen-bond acceptors (Lipinski definition) is 7. The SMILES string of the molecule is COC(=O)C1=C(CSc2n[nH]c(N)n2)N(C2CC2)C(=O)N[C@H]1c1ccccc1. The number of H-pyrrole nitrogens is 1. The number of anilines is 1. The Balaban J connectivity index is 1.76. The maximum atomic E-state index is 12.9. The normalized spacial score (nSPS) is 19.5. The third kappa shape index (κ3) is 3.55. The average Bonchev–Trinajstić information content (AvgIpc) is 3.46. The number of aromatic nitrogens is 3. The van der Waals surface area contributed by atoms with Gasteiger partial charge in [-0.1, -0.05) is 42.1 Å². The van der Waals surface area contributed by atoms with E-state index < -0.39 is 12.0 Å². The van der Waals surface area contributed by atoms with Gasteiger partial charge in [-0.2, -0.15) is 4.98 Å². The van der Waals surface area contributed by atoms with Gasteiger partial charge in [-0.15, -0.1) is 5.10 Å². The molecule has 0 saturated heterocycles. The maximum Gasteiger partial charge on any atom is 0.338 e. The first-order valence-electron chi connectivity index (χ1n) is 8.85. The Morgan fingerprint density at radius 2 is 2.11 bits per heavy atom. The molecule has 0 spiro atoms. The Labute approximate surface area is 165 Å². The lowest BCUT2D eigenvalue weighted by Crippen LogP contribution is -2.50. The molecule has 146 valence electrons. The predicted molar refractivity (Wildman–Crippen MR) is 103 cm³/mol. The van der Waals surface area contributed by atoms with Crippen LogP contribution in [-0.2, 0) is 9.53 Å². The van der Waals surface area contributed by atoms with Crippen molar-refractivity contribution < 1.29 is 14.3 Å². The van der Waals surface area contributed by atoms with Crippen molar-refractivity contribution in [1.29, 1.82) is 0 Å². The molecule has 0 radical (unpaired) electrons. The van der Waals surface area contributed by atoms with E-state index in [0.29, 0.717) is 22.2 Å². The van der Waals surface area contributed by atoms with Crippen molar-refractivity contribution in [2.75, 3.05) is 18.6 Å². The second kappa shape index (κ2) is 7.55. The fraction of sp³-hybridized carbons (Fsp3) is 0.333. The number of carbonyl (C=O) groups is 2. The van der Waals surface area contributed by atoms with Crippen LogP contribution in [0.25, 0.3) is 0 Å². The zero-order chi connectivity index (χ0) is 19.7. The number of nitrogens with zero attached hydrogens (tertiary/aromatic N) is 3. The molecule has 0 unspecified atom stereocenters. The summed E-state index contributed by atoms with van der Waals surface area (Å²) in [5.74, 6) is 0.0893. The van der Waals surface area contributed by atoms with Gasteiger partial charge in [0.1, 0.15) is 0 Å². The summed E-state index contributed by atoms with van der Waals surface area (Å²) in [6.07, 6.45) is 1.80. The summed E-state index contributed by atoms with van der Waals surface area (Å²) in [6, 6.07) is 8.67. The number of hydrogen-bond donors (Lipinski definition) is 3. The van der Waals surface area contributed by atoms with E-state index in [-0.39, 0.29) is 18.0 Å². The van der Waals surface area contributed by atoms with Gasteiger partial charge in [-0.05, 0) is 18.4 Å². The lowest BCUT2D eigenvalue weighted by atomic mass is 9.95. The molecule has 28 heavy (non-hydrogen) atoms. The van der Waals surface area contributed by atoms with E-state index in [9.17, 15) is 9.59 Å². The second-order valence-corrected chi connectivity index (χ2v) is 7.48. The Bertz CT molecular complexity index is 924. The highest BCUT2D eigenvalue weighted by Crippen LogP contribution is 2.39. The lowest BCUT2D eigenvalue weighted by Gasteiger charge is -2.36. The Hall–Kier alpha value is -3.01. The highest BCUT2D eigenvalue weighted by atomic mass is 32.2. The molecule has 2 aliphatic rings. The number of rotatable bonds is 6. The first kappa shape index (κ1) is 18.4. The summed E-state index contributed by atoms with van der Waals surface area (Å²) in [4.78, 5) is 31.4. The van der Waals surface area contributed by atoms with Crippen LogP contribution in [0.1, 0.15) is 24.4 Å². The summed E-state index contributed by atoms with van der Waals surface area (Å²) in [6.45, 7) is 0. The van der Waals surface area contributed by atoms with Crippen LogP contribution in [0.2, 0.25) is 0 Å². The Kier molecular flexibility index (Phi) is 4.95. The van der Waals surface area contributed by atoms with E-state index in [1.165, 1.54) is 18.9 Å². The smallest absolute Gasteiger partial charge is 0.338 e. The molecule has 4 rings (SSSR count). The van der Waals surface area contributed by atoms with Gasteiger partial charge < -0.3 is 15.8 Å². The van der Waals surface area contributed by atoms with Gasteiger partial charge in [0.2, 0.25) is 11.1 Å². The molecule has 2 heterocycles. The van der Waals surface area contributed by atoms with Crippen LogP contribution >= 0.6 is 11.8 Å². The highest BCUT2D eigenvalue weighted by molar-refractivity contribution is 7.99. The van der Waals surface area contributed by atoms with Crippen LogP contribution in [-0.4, -0.2) is 51.0 Å². The number of amides is 2. The zero-order valence-corrected chi connectivity index (χ0v) is 16.0. The number of methoxy groups -OCH3 is 1. The number of aromatic amines is 1. The van der Waals surface area contributed by atoms with Gasteiger partial charge in [0.15, 0.2) is 0 Å². The molecule has 4 N–H and O–H groups in total. The van der Waals surface area contributed by atoms with Crippen molar-refractivity contribution in [1.82, 2.24) is 25.4 Å². The second-order valence-electron chi connectivity index (χ2n) is 6.54. The van der Waals surface area contributed by atoms with Crippen LogP contribution in [0.4, 0.5) is 10.7 Å². The number of benzene rings is 1. The summed E-state index contributed by atoms with van der Waals surface area (Å²) < 4.78 is 5.07. The molecular weight excluding hydrogens is 380 g/mol. The summed E-state index contributed by atoms with van der Waals surface area (Å²) in [7, 11) is 1.34. The molecule has 9 nitrogen and oxygen atoms in total. The molecule has 0 bridgehead atoms. The fourth-order valence-electron chi connectivity index (χ4n) is 3.25. The first-order chi connectivity index (χ1) is 13.6. The van der Waals surface area contributed by atoms with Crippen molar-refractivity contribution in [3.8, 4) is 0 Å². The van der Waals surface area contributed by atoms with Crippen LogP contribution < -0.4 is 11.1 Å². The lowest BCUT2D eigenvalue weighted by molar-refractivity contribution is -0.136. The minimum absolute atomic E-state index is 0.0872.